The molecule has 0 aliphatic rings. The summed E-state index contributed by atoms with van der Waals surface area (Å²) in [5.74, 6) is -0.505. The van der Waals surface area contributed by atoms with Crippen molar-refractivity contribution in [3.05, 3.63) is 44.4 Å². The Bertz CT molecular complexity index is 576. The Labute approximate surface area is 106 Å². The third-order valence-corrected chi connectivity index (χ3v) is 3.21. The van der Waals surface area contributed by atoms with Gasteiger partial charge in [-0.25, -0.2) is 0 Å². The number of amides is 1. The van der Waals surface area contributed by atoms with Crippen molar-refractivity contribution in [2.45, 2.75) is 6.54 Å². The molecule has 7 nitrogen and oxygen atoms in total. The minimum absolute atomic E-state index is 0.0449. The van der Waals surface area contributed by atoms with Gasteiger partial charge in [-0.05, 0) is 11.4 Å². The van der Waals surface area contributed by atoms with E-state index < -0.39 is 10.8 Å². The molecule has 94 valence electrons. The topological polar surface area (TPSA) is 90.1 Å². The van der Waals surface area contributed by atoms with Crippen LogP contribution in [-0.2, 0) is 13.6 Å². The first kappa shape index (κ1) is 12.2. The van der Waals surface area contributed by atoms with Crippen LogP contribution < -0.4 is 5.32 Å². The Morgan fingerprint density at radius 1 is 1.67 bits per heavy atom. The van der Waals surface area contributed by atoms with Crippen LogP contribution in [0.4, 0.5) is 5.69 Å². The van der Waals surface area contributed by atoms with Crippen LogP contribution in [0.1, 0.15) is 15.4 Å². The second kappa shape index (κ2) is 4.96. The number of aromatic nitrogens is 2. The number of rotatable bonds is 4. The van der Waals surface area contributed by atoms with E-state index in [0.29, 0.717) is 6.54 Å². The molecule has 2 aromatic heterocycles. The number of hydrogen-bond acceptors (Lipinski definition) is 5. The first-order chi connectivity index (χ1) is 8.59. The van der Waals surface area contributed by atoms with Gasteiger partial charge in [0, 0.05) is 11.9 Å². The zero-order chi connectivity index (χ0) is 13.1. The minimum Gasteiger partial charge on any atom is -0.346 e. The number of aryl methyl sites for hydroxylation is 1. The summed E-state index contributed by atoms with van der Waals surface area (Å²) in [6.07, 6.45) is 1.07. The first-order valence-electron chi connectivity index (χ1n) is 5.06. The van der Waals surface area contributed by atoms with Crippen LogP contribution in [0.5, 0.6) is 0 Å². The summed E-state index contributed by atoms with van der Waals surface area (Å²) in [4.78, 5) is 23.0. The Kier molecular flexibility index (Phi) is 3.38. The summed E-state index contributed by atoms with van der Waals surface area (Å²) in [6.45, 7) is 0.346. The van der Waals surface area contributed by atoms with Gasteiger partial charge in [-0.15, -0.1) is 11.3 Å². The van der Waals surface area contributed by atoms with Crippen LogP contribution >= 0.6 is 11.3 Å². The highest BCUT2D eigenvalue weighted by molar-refractivity contribution is 7.09. The van der Waals surface area contributed by atoms with Gasteiger partial charge >= 0.3 is 5.69 Å². The average Bonchev–Trinajstić information content (AvgIpc) is 2.94. The fourth-order valence-corrected chi connectivity index (χ4v) is 2.13. The van der Waals surface area contributed by atoms with E-state index in [4.69, 9.17) is 0 Å². The van der Waals surface area contributed by atoms with Crippen LogP contribution in [-0.4, -0.2) is 20.6 Å². The number of thiophene rings is 1. The maximum atomic E-state index is 11.9. The molecule has 1 amide bonds. The average molecular weight is 266 g/mol. The Hall–Kier alpha value is -2.22. The van der Waals surface area contributed by atoms with Gasteiger partial charge in [0.1, 0.15) is 6.20 Å². The molecule has 0 atom stereocenters. The Morgan fingerprint density at radius 3 is 3.06 bits per heavy atom. The molecule has 2 rings (SSSR count). The van der Waals surface area contributed by atoms with E-state index in [1.165, 1.54) is 23.1 Å². The fraction of sp³-hybridized carbons (Fsp3) is 0.200. The molecule has 0 saturated heterocycles. The lowest BCUT2D eigenvalue weighted by atomic mass is 10.3. The highest BCUT2D eigenvalue weighted by atomic mass is 32.1. The number of nitro groups is 1. The van der Waals surface area contributed by atoms with E-state index in [0.717, 1.165) is 11.1 Å². The summed E-state index contributed by atoms with van der Waals surface area (Å²) >= 11 is 1.51. The summed E-state index contributed by atoms with van der Waals surface area (Å²) in [5, 5.41) is 19.0. The lowest BCUT2D eigenvalue weighted by molar-refractivity contribution is -0.385. The van der Waals surface area contributed by atoms with Gasteiger partial charge in [-0.1, -0.05) is 6.07 Å². The predicted octanol–water partition coefficient (Wildman–Crippen LogP) is 1.32. The lowest BCUT2D eigenvalue weighted by Crippen LogP contribution is -2.25. The maximum Gasteiger partial charge on any atom is 0.320 e. The van der Waals surface area contributed by atoms with Crippen LogP contribution in [0.3, 0.4) is 0 Å². The molecule has 0 saturated carbocycles. The van der Waals surface area contributed by atoms with Gasteiger partial charge in [0.25, 0.3) is 5.91 Å². The lowest BCUT2D eigenvalue weighted by Gasteiger charge is -2.03. The molecule has 1 N–H and O–H groups in total. The molecule has 0 aromatic carbocycles. The maximum absolute atomic E-state index is 11.9. The SMILES string of the molecule is Cn1ncc([N+](=O)[O-])c1C(=O)NCc1cccs1. The van der Waals surface area contributed by atoms with Gasteiger partial charge in [-0.2, -0.15) is 5.10 Å². The van der Waals surface area contributed by atoms with E-state index in [1.807, 2.05) is 17.5 Å². The zero-order valence-corrected chi connectivity index (χ0v) is 10.3. The highest BCUT2D eigenvalue weighted by Gasteiger charge is 2.25. The molecular weight excluding hydrogens is 256 g/mol. The van der Waals surface area contributed by atoms with E-state index in [2.05, 4.69) is 10.4 Å². The standard InChI is InChI=1S/C10H10N4O3S/c1-13-9(8(6-12-13)14(16)17)10(15)11-5-7-3-2-4-18-7/h2-4,6H,5H2,1H3,(H,11,15). The van der Waals surface area contributed by atoms with Crippen LogP contribution in [0.15, 0.2) is 23.7 Å². The van der Waals surface area contributed by atoms with E-state index >= 15 is 0 Å². The largest absolute Gasteiger partial charge is 0.346 e. The van der Waals surface area contributed by atoms with E-state index in [-0.39, 0.29) is 11.4 Å². The van der Waals surface area contributed by atoms with Crippen LogP contribution in [0.25, 0.3) is 0 Å². The monoisotopic (exact) mass is 266 g/mol. The normalized spacial score (nSPS) is 10.3. The zero-order valence-electron chi connectivity index (χ0n) is 9.49. The number of hydrogen-bond donors (Lipinski definition) is 1. The highest BCUT2D eigenvalue weighted by Crippen LogP contribution is 2.17. The molecule has 0 unspecified atom stereocenters. The van der Waals surface area contributed by atoms with Crippen LogP contribution in [0, 0.1) is 10.1 Å². The van der Waals surface area contributed by atoms with Crippen molar-refractivity contribution >= 4 is 22.9 Å². The number of carbonyl (C=O) groups excluding carboxylic acids is 1. The van der Waals surface area contributed by atoms with Gasteiger partial charge in [0.15, 0.2) is 0 Å². The summed E-state index contributed by atoms with van der Waals surface area (Å²) in [5.41, 5.74) is -0.335. The molecule has 18 heavy (non-hydrogen) atoms. The van der Waals surface area contributed by atoms with Gasteiger partial charge in [0.2, 0.25) is 5.69 Å². The van der Waals surface area contributed by atoms with Crippen molar-refractivity contribution in [1.82, 2.24) is 15.1 Å². The minimum atomic E-state index is -0.618. The summed E-state index contributed by atoms with van der Waals surface area (Å²) < 4.78 is 1.20. The molecule has 0 aliphatic heterocycles. The number of nitrogens with zero attached hydrogens (tertiary/aromatic N) is 3. The molecule has 0 bridgehead atoms. The van der Waals surface area contributed by atoms with E-state index in [9.17, 15) is 14.9 Å². The van der Waals surface area contributed by atoms with Gasteiger partial charge < -0.3 is 5.32 Å². The van der Waals surface area contributed by atoms with Crippen molar-refractivity contribution in [1.29, 1.82) is 0 Å². The van der Waals surface area contributed by atoms with Gasteiger partial charge in [-0.3, -0.25) is 19.6 Å². The molecule has 0 radical (unpaired) electrons. The van der Waals surface area contributed by atoms with Crippen molar-refractivity contribution in [3.63, 3.8) is 0 Å². The third kappa shape index (κ3) is 2.38. The van der Waals surface area contributed by atoms with Crippen molar-refractivity contribution in [3.8, 4) is 0 Å². The third-order valence-electron chi connectivity index (χ3n) is 2.33. The molecule has 8 heteroatoms. The summed E-state index contributed by atoms with van der Waals surface area (Å²) in [6, 6.07) is 3.75. The molecule has 2 heterocycles. The Morgan fingerprint density at radius 2 is 2.44 bits per heavy atom. The fourth-order valence-electron chi connectivity index (χ4n) is 1.49. The second-order valence-electron chi connectivity index (χ2n) is 3.52. The Balaban J connectivity index is 2.13. The molecular formula is C10H10N4O3S. The molecule has 0 fully saturated rings. The quantitative estimate of drug-likeness (QED) is 0.667. The smallest absolute Gasteiger partial charge is 0.320 e. The number of carbonyl (C=O) groups is 1. The second-order valence-corrected chi connectivity index (χ2v) is 4.55. The molecule has 0 aliphatic carbocycles. The predicted molar refractivity (Wildman–Crippen MR) is 65.4 cm³/mol. The molecule has 0 spiro atoms. The molecule has 2 aromatic rings. The van der Waals surface area contributed by atoms with Crippen molar-refractivity contribution in [2.75, 3.05) is 0 Å². The first-order valence-corrected chi connectivity index (χ1v) is 5.94. The summed E-state index contributed by atoms with van der Waals surface area (Å²) in [7, 11) is 1.49. The van der Waals surface area contributed by atoms with Crippen molar-refractivity contribution < 1.29 is 9.72 Å². The number of nitrogens with one attached hydrogen (secondary N) is 1. The van der Waals surface area contributed by atoms with Crippen LogP contribution in [0.2, 0.25) is 0 Å². The van der Waals surface area contributed by atoms with Gasteiger partial charge in [0.05, 0.1) is 11.5 Å². The van der Waals surface area contributed by atoms with Crippen molar-refractivity contribution in [2.24, 2.45) is 7.05 Å². The van der Waals surface area contributed by atoms with E-state index in [1.54, 1.807) is 0 Å².